The molecule has 1 aromatic carbocycles. The van der Waals surface area contributed by atoms with Gasteiger partial charge in [-0.05, 0) is 30.5 Å². The highest BCUT2D eigenvalue weighted by molar-refractivity contribution is 6.31. The highest BCUT2D eigenvalue weighted by atomic mass is 35.5. The zero-order valence-electron chi connectivity index (χ0n) is 15.2. The van der Waals surface area contributed by atoms with Crippen LogP contribution >= 0.6 is 11.6 Å². The van der Waals surface area contributed by atoms with E-state index in [4.69, 9.17) is 11.6 Å². The zero-order valence-corrected chi connectivity index (χ0v) is 15.9. The molecule has 0 bridgehead atoms. The third kappa shape index (κ3) is 2.30. The monoisotopic (exact) mass is 373 g/mol. The first-order chi connectivity index (χ1) is 12.3. The van der Waals surface area contributed by atoms with Crippen LogP contribution < -0.4 is 16.1 Å². The Hall–Kier alpha value is -2.54. The first kappa shape index (κ1) is 16.9. The molecular formula is C18H20ClN5O2. The molecule has 0 unspecified atom stereocenters. The summed E-state index contributed by atoms with van der Waals surface area (Å²) < 4.78 is 4.47. The van der Waals surface area contributed by atoms with Gasteiger partial charge in [0.1, 0.15) is 0 Å². The minimum Gasteiger partial charge on any atom is -0.312 e. The fourth-order valence-corrected chi connectivity index (χ4v) is 3.72. The molecule has 0 fully saturated rings. The molecule has 4 rings (SSSR count). The molecule has 3 heterocycles. The molecule has 0 amide bonds. The Morgan fingerprint density at radius 3 is 2.58 bits per heavy atom. The summed E-state index contributed by atoms with van der Waals surface area (Å²) in [5.74, 6) is 0.971. The van der Waals surface area contributed by atoms with E-state index in [0.717, 1.165) is 22.4 Å². The van der Waals surface area contributed by atoms with Crippen LogP contribution in [0.3, 0.4) is 0 Å². The Balaban J connectivity index is 2.03. The van der Waals surface area contributed by atoms with E-state index in [1.807, 2.05) is 29.7 Å². The van der Waals surface area contributed by atoms with Gasteiger partial charge in [0.2, 0.25) is 5.95 Å². The van der Waals surface area contributed by atoms with E-state index in [1.165, 1.54) is 11.6 Å². The molecule has 1 aliphatic rings. The molecule has 0 radical (unpaired) electrons. The van der Waals surface area contributed by atoms with Gasteiger partial charge in [-0.1, -0.05) is 24.6 Å². The Morgan fingerprint density at radius 1 is 1.15 bits per heavy atom. The van der Waals surface area contributed by atoms with Crippen LogP contribution in [0.5, 0.6) is 0 Å². The minimum atomic E-state index is -0.379. The fourth-order valence-electron chi connectivity index (χ4n) is 3.55. The smallest absolute Gasteiger partial charge is 0.312 e. The van der Waals surface area contributed by atoms with Gasteiger partial charge in [0, 0.05) is 37.9 Å². The van der Waals surface area contributed by atoms with Crippen molar-refractivity contribution in [3.63, 3.8) is 0 Å². The molecule has 0 saturated carbocycles. The predicted molar refractivity (Wildman–Crippen MR) is 103 cm³/mol. The van der Waals surface area contributed by atoms with Gasteiger partial charge in [0.15, 0.2) is 11.2 Å². The number of rotatable bonds is 1. The van der Waals surface area contributed by atoms with Gasteiger partial charge in [0.25, 0.3) is 5.56 Å². The number of nitrogens with zero attached hydrogens (tertiary/aromatic N) is 5. The second-order valence-electron chi connectivity index (χ2n) is 7.05. The summed E-state index contributed by atoms with van der Waals surface area (Å²) in [6.45, 7) is 5.52. The number of hydrogen-bond acceptors (Lipinski definition) is 4. The lowest BCUT2D eigenvalue weighted by Gasteiger charge is -2.33. The predicted octanol–water partition coefficient (Wildman–Crippen LogP) is 2.18. The van der Waals surface area contributed by atoms with Gasteiger partial charge in [-0.3, -0.25) is 13.9 Å². The van der Waals surface area contributed by atoms with Gasteiger partial charge in [0.05, 0.1) is 0 Å². The van der Waals surface area contributed by atoms with E-state index < -0.39 is 0 Å². The number of fused-ring (bicyclic) bond motifs is 3. The molecule has 1 atom stereocenters. The summed E-state index contributed by atoms with van der Waals surface area (Å²) in [4.78, 5) is 31.7. The van der Waals surface area contributed by atoms with Crippen molar-refractivity contribution in [3.8, 4) is 0 Å². The normalized spacial score (nSPS) is 17.0. The first-order valence-electron chi connectivity index (χ1n) is 8.49. The van der Waals surface area contributed by atoms with Crippen molar-refractivity contribution in [2.75, 3.05) is 11.4 Å². The van der Waals surface area contributed by atoms with Gasteiger partial charge < -0.3 is 9.47 Å². The first-order valence-corrected chi connectivity index (χ1v) is 8.87. The van der Waals surface area contributed by atoms with E-state index in [0.29, 0.717) is 34.6 Å². The number of benzene rings is 1. The van der Waals surface area contributed by atoms with Crippen molar-refractivity contribution >= 4 is 34.4 Å². The lowest BCUT2D eigenvalue weighted by atomic mass is 10.1. The SMILES string of the molecule is Cc1ccc(N2C[C@H](C)Cn3c2nc2c3c(=O)n(C)c(=O)n2C)cc1Cl. The van der Waals surface area contributed by atoms with Crippen molar-refractivity contribution in [1.82, 2.24) is 18.7 Å². The number of aromatic nitrogens is 4. The zero-order chi connectivity index (χ0) is 18.7. The maximum atomic E-state index is 12.7. The number of anilines is 2. The van der Waals surface area contributed by atoms with Gasteiger partial charge >= 0.3 is 5.69 Å². The number of aryl methyl sites for hydroxylation is 2. The van der Waals surface area contributed by atoms with Crippen LogP contribution in [-0.4, -0.2) is 25.2 Å². The highest BCUT2D eigenvalue weighted by Crippen LogP contribution is 2.34. The molecule has 7 nitrogen and oxygen atoms in total. The minimum absolute atomic E-state index is 0.307. The standard InChI is InChI=1S/C18H20ClN5O2/c1-10-8-23(12-6-5-11(2)13(19)7-12)17-20-15-14(24(17)9-10)16(25)22(4)18(26)21(15)3/h5-7,10H,8-9H2,1-4H3/t10-/m0/s1. The Labute approximate surface area is 155 Å². The van der Waals surface area contributed by atoms with E-state index in [9.17, 15) is 9.59 Å². The number of halogens is 1. The Morgan fingerprint density at radius 2 is 1.88 bits per heavy atom. The molecule has 8 heteroatoms. The molecule has 26 heavy (non-hydrogen) atoms. The van der Waals surface area contributed by atoms with E-state index in [2.05, 4.69) is 16.8 Å². The average molecular weight is 374 g/mol. The number of imidazole rings is 1. The van der Waals surface area contributed by atoms with Crippen LogP contribution in [0.2, 0.25) is 5.02 Å². The highest BCUT2D eigenvalue weighted by Gasteiger charge is 2.29. The van der Waals surface area contributed by atoms with Crippen molar-refractivity contribution in [1.29, 1.82) is 0 Å². The van der Waals surface area contributed by atoms with Crippen molar-refractivity contribution in [2.45, 2.75) is 20.4 Å². The summed E-state index contributed by atoms with van der Waals surface area (Å²) in [5, 5.41) is 0.687. The lowest BCUT2D eigenvalue weighted by Crippen LogP contribution is -2.38. The van der Waals surface area contributed by atoms with Crippen molar-refractivity contribution in [3.05, 3.63) is 49.6 Å². The third-order valence-electron chi connectivity index (χ3n) is 5.02. The van der Waals surface area contributed by atoms with Gasteiger partial charge in [-0.25, -0.2) is 4.79 Å². The summed E-state index contributed by atoms with van der Waals surface area (Å²) in [7, 11) is 3.13. The summed E-state index contributed by atoms with van der Waals surface area (Å²) in [5.41, 5.74) is 2.09. The summed E-state index contributed by atoms with van der Waals surface area (Å²) in [6, 6.07) is 5.88. The summed E-state index contributed by atoms with van der Waals surface area (Å²) in [6.07, 6.45) is 0. The molecular weight excluding hydrogens is 354 g/mol. The van der Waals surface area contributed by atoms with Crippen molar-refractivity contribution < 1.29 is 0 Å². The van der Waals surface area contributed by atoms with E-state index >= 15 is 0 Å². The van der Waals surface area contributed by atoms with Crippen LogP contribution in [0, 0.1) is 12.8 Å². The number of hydrogen-bond donors (Lipinski definition) is 0. The maximum absolute atomic E-state index is 12.7. The van der Waals surface area contributed by atoms with E-state index in [-0.39, 0.29) is 11.2 Å². The molecule has 0 saturated heterocycles. The van der Waals surface area contributed by atoms with Gasteiger partial charge in [-0.15, -0.1) is 0 Å². The molecule has 0 N–H and O–H groups in total. The topological polar surface area (TPSA) is 65.1 Å². The van der Waals surface area contributed by atoms with Crippen LogP contribution in [0.4, 0.5) is 11.6 Å². The quantitative estimate of drug-likeness (QED) is 0.655. The second-order valence-corrected chi connectivity index (χ2v) is 7.46. The Bertz CT molecular complexity index is 1160. The molecule has 2 aromatic heterocycles. The van der Waals surface area contributed by atoms with Crippen LogP contribution in [0.25, 0.3) is 11.2 Å². The molecule has 1 aliphatic heterocycles. The average Bonchev–Trinajstić information content (AvgIpc) is 2.99. The second kappa shape index (κ2) is 5.74. The fraction of sp³-hybridized carbons (Fsp3) is 0.389. The largest absolute Gasteiger partial charge is 0.332 e. The Kier molecular flexibility index (Phi) is 3.73. The lowest BCUT2D eigenvalue weighted by molar-refractivity contribution is 0.458. The van der Waals surface area contributed by atoms with Crippen LogP contribution in [0.15, 0.2) is 27.8 Å². The van der Waals surface area contributed by atoms with Crippen LogP contribution in [0.1, 0.15) is 12.5 Å². The van der Waals surface area contributed by atoms with Crippen molar-refractivity contribution in [2.24, 2.45) is 20.0 Å². The molecule has 136 valence electrons. The summed E-state index contributed by atoms with van der Waals surface area (Å²) >= 11 is 6.31. The molecule has 0 aliphatic carbocycles. The third-order valence-corrected chi connectivity index (χ3v) is 5.43. The van der Waals surface area contributed by atoms with Gasteiger partial charge in [-0.2, -0.15) is 4.98 Å². The van der Waals surface area contributed by atoms with Crippen LogP contribution in [-0.2, 0) is 20.6 Å². The molecule has 3 aromatic rings. The maximum Gasteiger partial charge on any atom is 0.332 e. The van der Waals surface area contributed by atoms with E-state index in [1.54, 1.807) is 7.05 Å². The molecule has 0 spiro atoms.